The predicted molar refractivity (Wildman–Crippen MR) is 105 cm³/mol. The lowest BCUT2D eigenvalue weighted by Gasteiger charge is -2.17. The molecule has 1 atom stereocenters. The predicted octanol–water partition coefficient (Wildman–Crippen LogP) is 3.36. The van der Waals surface area contributed by atoms with Crippen molar-refractivity contribution in [2.24, 2.45) is 5.92 Å². The minimum absolute atomic E-state index is 0.0996. The van der Waals surface area contributed by atoms with Crippen LogP contribution in [0.25, 0.3) is 11.2 Å². The maximum absolute atomic E-state index is 13.3. The van der Waals surface area contributed by atoms with E-state index >= 15 is 0 Å². The first-order valence-corrected chi connectivity index (χ1v) is 9.71. The van der Waals surface area contributed by atoms with Crippen LogP contribution in [0.5, 0.6) is 0 Å². The lowest BCUT2D eigenvalue weighted by Crippen LogP contribution is -2.38. The fourth-order valence-electron chi connectivity index (χ4n) is 3.87. The quantitative estimate of drug-likeness (QED) is 0.737. The third-order valence-corrected chi connectivity index (χ3v) is 5.28. The number of carbonyl (C=O) groups excluding carboxylic acids is 1. The van der Waals surface area contributed by atoms with Crippen molar-refractivity contribution in [3.8, 4) is 0 Å². The lowest BCUT2D eigenvalue weighted by molar-refractivity contribution is 0.206. The van der Waals surface area contributed by atoms with Crippen molar-refractivity contribution < 1.29 is 9.18 Å². The first-order valence-electron chi connectivity index (χ1n) is 9.71. The van der Waals surface area contributed by atoms with E-state index in [0.717, 1.165) is 48.5 Å². The van der Waals surface area contributed by atoms with Gasteiger partial charge >= 0.3 is 6.03 Å². The molecule has 1 aliphatic rings. The van der Waals surface area contributed by atoms with E-state index in [1.165, 1.54) is 12.1 Å². The summed E-state index contributed by atoms with van der Waals surface area (Å²) in [6.45, 7) is 4.68. The molecule has 3 aromatic rings. The summed E-state index contributed by atoms with van der Waals surface area (Å²) in [4.78, 5) is 23.5. The summed E-state index contributed by atoms with van der Waals surface area (Å²) in [7, 11) is 0. The number of nitrogens with one attached hydrogen (secondary N) is 1. The number of halogens is 1. The summed E-state index contributed by atoms with van der Waals surface area (Å²) in [6.07, 6.45) is 3.58. The number of urea groups is 1. The smallest absolute Gasteiger partial charge is 0.317 e. The third kappa shape index (κ3) is 3.83. The average molecular weight is 381 g/mol. The number of hydrogen-bond donors (Lipinski definition) is 1. The molecule has 0 saturated carbocycles. The van der Waals surface area contributed by atoms with Gasteiger partial charge in [-0.15, -0.1) is 0 Å². The minimum Gasteiger partial charge on any atom is -0.334 e. The number of imidazole rings is 1. The number of rotatable bonds is 5. The largest absolute Gasteiger partial charge is 0.334 e. The second-order valence-electron chi connectivity index (χ2n) is 7.21. The maximum atomic E-state index is 13.3. The summed E-state index contributed by atoms with van der Waals surface area (Å²) >= 11 is 0. The van der Waals surface area contributed by atoms with E-state index in [4.69, 9.17) is 4.98 Å². The summed E-state index contributed by atoms with van der Waals surface area (Å²) in [5.41, 5.74) is 2.60. The number of hydrogen-bond acceptors (Lipinski definition) is 3. The van der Waals surface area contributed by atoms with Crippen LogP contribution in [0.2, 0.25) is 0 Å². The van der Waals surface area contributed by atoms with E-state index < -0.39 is 0 Å². The Kier molecular flexibility index (Phi) is 5.23. The van der Waals surface area contributed by atoms with Gasteiger partial charge in [0.05, 0.1) is 0 Å². The van der Waals surface area contributed by atoms with Gasteiger partial charge in [0.25, 0.3) is 0 Å². The number of amides is 2. The zero-order chi connectivity index (χ0) is 19.5. The van der Waals surface area contributed by atoms with Crippen LogP contribution < -0.4 is 5.32 Å². The molecule has 0 spiro atoms. The molecule has 146 valence electrons. The van der Waals surface area contributed by atoms with Crippen LogP contribution in [0, 0.1) is 11.7 Å². The molecule has 7 heteroatoms. The van der Waals surface area contributed by atoms with Crippen molar-refractivity contribution in [1.29, 1.82) is 0 Å². The second kappa shape index (κ2) is 7.96. The third-order valence-electron chi connectivity index (χ3n) is 5.28. The first-order chi connectivity index (χ1) is 13.6. The van der Waals surface area contributed by atoms with Gasteiger partial charge in [0.2, 0.25) is 0 Å². The van der Waals surface area contributed by atoms with Crippen molar-refractivity contribution in [2.75, 3.05) is 13.1 Å². The maximum Gasteiger partial charge on any atom is 0.317 e. The second-order valence-corrected chi connectivity index (χ2v) is 7.21. The molecule has 2 aromatic heterocycles. The Morgan fingerprint density at radius 1 is 1.32 bits per heavy atom. The van der Waals surface area contributed by atoms with Gasteiger partial charge in [-0.1, -0.05) is 12.1 Å². The number of nitrogens with zero attached hydrogens (tertiary/aromatic N) is 4. The highest BCUT2D eigenvalue weighted by Gasteiger charge is 2.27. The van der Waals surface area contributed by atoms with Crippen LogP contribution >= 0.6 is 0 Å². The summed E-state index contributed by atoms with van der Waals surface area (Å²) in [5.74, 6) is 1.12. The summed E-state index contributed by atoms with van der Waals surface area (Å²) < 4.78 is 15.4. The molecule has 0 bridgehead atoms. The number of carbonyl (C=O) groups is 1. The Hall–Kier alpha value is -2.96. The van der Waals surface area contributed by atoms with E-state index in [2.05, 4.69) is 21.8 Å². The van der Waals surface area contributed by atoms with Crippen LogP contribution in [-0.2, 0) is 19.5 Å². The van der Waals surface area contributed by atoms with Crippen LogP contribution in [0.4, 0.5) is 9.18 Å². The lowest BCUT2D eigenvalue weighted by atomic mass is 10.0. The van der Waals surface area contributed by atoms with Crippen LogP contribution in [0.3, 0.4) is 0 Å². The first kappa shape index (κ1) is 18.4. The molecule has 1 aliphatic heterocycles. The highest BCUT2D eigenvalue weighted by atomic mass is 19.1. The number of likely N-dealkylation sites (tertiary alicyclic amines) is 1. The average Bonchev–Trinajstić information content (AvgIpc) is 3.30. The standard InChI is InChI=1S/C21H24FN5O/c1-2-27-19(25-18-7-4-9-23-20(18)27)12-16-8-10-26(14-16)21(28)24-13-15-5-3-6-17(22)11-15/h3-7,9,11,16H,2,8,10,12-14H2,1H3,(H,24,28)/t16-/m0/s1. The van der Waals surface area contributed by atoms with E-state index in [0.29, 0.717) is 19.0 Å². The topological polar surface area (TPSA) is 63.1 Å². The molecule has 1 aromatic carbocycles. The van der Waals surface area contributed by atoms with E-state index in [-0.39, 0.29) is 11.8 Å². The van der Waals surface area contributed by atoms with Gasteiger partial charge in [0, 0.05) is 38.8 Å². The highest BCUT2D eigenvalue weighted by Crippen LogP contribution is 2.23. The number of pyridine rings is 1. The molecule has 1 N–H and O–H groups in total. The molecule has 1 saturated heterocycles. The molecule has 1 fully saturated rings. The van der Waals surface area contributed by atoms with E-state index in [1.807, 2.05) is 17.0 Å². The highest BCUT2D eigenvalue weighted by molar-refractivity contribution is 5.74. The van der Waals surface area contributed by atoms with Gasteiger partial charge in [-0.25, -0.2) is 19.2 Å². The van der Waals surface area contributed by atoms with Crippen molar-refractivity contribution >= 4 is 17.2 Å². The molecule has 0 radical (unpaired) electrons. The van der Waals surface area contributed by atoms with Crippen molar-refractivity contribution in [3.63, 3.8) is 0 Å². The Morgan fingerprint density at radius 2 is 2.21 bits per heavy atom. The number of fused-ring (bicyclic) bond motifs is 1. The molecular weight excluding hydrogens is 357 g/mol. The Bertz CT molecular complexity index is 986. The van der Waals surface area contributed by atoms with Gasteiger partial charge in [0.15, 0.2) is 5.65 Å². The van der Waals surface area contributed by atoms with Crippen LogP contribution in [0.1, 0.15) is 24.7 Å². The molecule has 3 heterocycles. The summed E-state index contributed by atoms with van der Waals surface area (Å²) in [5, 5.41) is 2.89. The Labute approximate surface area is 163 Å². The van der Waals surface area contributed by atoms with Crippen LogP contribution in [-0.4, -0.2) is 38.6 Å². The van der Waals surface area contributed by atoms with Crippen molar-refractivity contribution in [1.82, 2.24) is 24.8 Å². The van der Waals surface area contributed by atoms with Crippen molar-refractivity contribution in [2.45, 2.75) is 32.9 Å². The zero-order valence-corrected chi connectivity index (χ0v) is 15.9. The van der Waals surface area contributed by atoms with Gasteiger partial charge < -0.3 is 14.8 Å². The van der Waals surface area contributed by atoms with E-state index in [9.17, 15) is 9.18 Å². The number of aryl methyl sites for hydroxylation is 1. The van der Waals surface area contributed by atoms with Crippen molar-refractivity contribution in [3.05, 3.63) is 59.8 Å². The van der Waals surface area contributed by atoms with Gasteiger partial charge in [-0.3, -0.25) is 0 Å². The molecule has 2 amide bonds. The Morgan fingerprint density at radius 3 is 3.04 bits per heavy atom. The molecular formula is C21H24FN5O. The molecule has 28 heavy (non-hydrogen) atoms. The molecule has 0 aliphatic carbocycles. The molecule has 0 unspecified atom stereocenters. The Balaban J connectivity index is 1.36. The zero-order valence-electron chi connectivity index (χ0n) is 15.9. The number of benzene rings is 1. The minimum atomic E-state index is -0.290. The van der Waals surface area contributed by atoms with Crippen LogP contribution in [0.15, 0.2) is 42.6 Å². The fourth-order valence-corrected chi connectivity index (χ4v) is 3.87. The monoisotopic (exact) mass is 381 g/mol. The SMILES string of the molecule is CCn1c(C[C@@H]2CCN(C(=O)NCc3cccc(F)c3)C2)nc2cccnc21. The normalized spacial score (nSPS) is 16.6. The van der Waals surface area contributed by atoms with Gasteiger partial charge in [0.1, 0.15) is 17.2 Å². The van der Waals surface area contributed by atoms with Gasteiger partial charge in [-0.05, 0) is 49.1 Å². The fraction of sp³-hybridized carbons (Fsp3) is 0.381. The summed E-state index contributed by atoms with van der Waals surface area (Å²) in [6, 6.07) is 10.1. The van der Waals surface area contributed by atoms with E-state index in [1.54, 1.807) is 18.3 Å². The molecule has 4 rings (SSSR count). The number of aromatic nitrogens is 3. The molecule has 6 nitrogen and oxygen atoms in total. The van der Waals surface area contributed by atoms with Gasteiger partial charge in [-0.2, -0.15) is 0 Å².